The first-order chi connectivity index (χ1) is 11.4. The van der Waals surface area contributed by atoms with E-state index in [1.807, 2.05) is 24.3 Å². The van der Waals surface area contributed by atoms with E-state index in [0.717, 1.165) is 5.56 Å². The molecule has 1 aromatic carbocycles. The summed E-state index contributed by atoms with van der Waals surface area (Å²) in [6.07, 6.45) is 2.86. The summed E-state index contributed by atoms with van der Waals surface area (Å²) in [5.41, 5.74) is 2.07. The van der Waals surface area contributed by atoms with Gasteiger partial charge in [0.25, 0.3) is 5.91 Å². The second-order valence-electron chi connectivity index (χ2n) is 6.41. The van der Waals surface area contributed by atoms with E-state index in [2.05, 4.69) is 46.0 Å². The molecular formula is C17H19N5O2. The third kappa shape index (κ3) is 3.34. The van der Waals surface area contributed by atoms with Crippen LogP contribution >= 0.6 is 0 Å². The Morgan fingerprint density at radius 2 is 2.00 bits per heavy atom. The van der Waals surface area contributed by atoms with Crippen molar-refractivity contribution < 1.29 is 9.53 Å². The largest absolute Gasteiger partial charge is 0.483 e. The molecule has 0 spiro atoms. The highest BCUT2D eigenvalue weighted by Crippen LogP contribution is 2.30. The maximum atomic E-state index is 12.2. The molecule has 2 heterocycles. The number of hydrogen-bond acceptors (Lipinski definition) is 5. The number of aromatic nitrogens is 4. The van der Waals surface area contributed by atoms with Gasteiger partial charge in [-0.2, -0.15) is 0 Å². The third-order valence-corrected chi connectivity index (χ3v) is 3.53. The summed E-state index contributed by atoms with van der Waals surface area (Å²) in [5.74, 6) is 0.790. The van der Waals surface area contributed by atoms with Crippen LogP contribution in [0.25, 0.3) is 11.2 Å². The van der Waals surface area contributed by atoms with Gasteiger partial charge < -0.3 is 15.0 Å². The Morgan fingerprint density at radius 1 is 1.21 bits per heavy atom. The number of carbonyl (C=O) groups excluding carboxylic acids is 1. The molecule has 0 bridgehead atoms. The van der Waals surface area contributed by atoms with Crippen molar-refractivity contribution in [3.63, 3.8) is 0 Å². The number of imidazole rings is 1. The highest BCUT2D eigenvalue weighted by atomic mass is 16.5. The molecule has 124 valence electrons. The number of carbonyl (C=O) groups is 1. The van der Waals surface area contributed by atoms with E-state index < -0.39 is 0 Å². The number of fused-ring (bicyclic) bond motifs is 1. The molecule has 0 saturated carbocycles. The maximum absolute atomic E-state index is 12.2. The summed E-state index contributed by atoms with van der Waals surface area (Å²) >= 11 is 0. The van der Waals surface area contributed by atoms with E-state index in [4.69, 9.17) is 4.74 Å². The fourth-order valence-electron chi connectivity index (χ4n) is 2.38. The van der Waals surface area contributed by atoms with E-state index in [1.54, 1.807) is 0 Å². The molecule has 2 N–H and O–H groups in total. The van der Waals surface area contributed by atoms with Crippen molar-refractivity contribution in [1.82, 2.24) is 19.9 Å². The van der Waals surface area contributed by atoms with Gasteiger partial charge in [0, 0.05) is 0 Å². The zero-order valence-electron chi connectivity index (χ0n) is 13.8. The van der Waals surface area contributed by atoms with E-state index in [0.29, 0.717) is 22.7 Å². The minimum atomic E-state index is -0.298. The lowest BCUT2D eigenvalue weighted by molar-refractivity contribution is -0.118. The number of nitrogens with one attached hydrogen (secondary N) is 2. The normalized spacial score (nSPS) is 11.5. The lowest BCUT2D eigenvalue weighted by Gasteiger charge is -2.22. The molecule has 0 aliphatic heterocycles. The Morgan fingerprint density at radius 3 is 2.79 bits per heavy atom. The number of benzene rings is 1. The quantitative estimate of drug-likeness (QED) is 0.769. The Labute approximate surface area is 139 Å². The average molecular weight is 325 g/mol. The predicted molar refractivity (Wildman–Crippen MR) is 91.0 cm³/mol. The van der Waals surface area contributed by atoms with Gasteiger partial charge in [0.2, 0.25) is 0 Å². The van der Waals surface area contributed by atoms with Crippen LogP contribution in [0.4, 0.5) is 5.82 Å². The van der Waals surface area contributed by atoms with Gasteiger partial charge in [-0.25, -0.2) is 15.0 Å². The van der Waals surface area contributed by atoms with Gasteiger partial charge in [0.15, 0.2) is 18.1 Å². The number of para-hydroxylation sites is 1. The lowest BCUT2D eigenvalue weighted by atomic mass is 9.86. The minimum absolute atomic E-state index is 0.0677. The minimum Gasteiger partial charge on any atom is -0.483 e. The van der Waals surface area contributed by atoms with Gasteiger partial charge in [0.05, 0.1) is 6.33 Å². The SMILES string of the molecule is CC(C)(C)c1ccccc1OCC(=O)Nc1ncnc2nc[nH]c12. The summed E-state index contributed by atoms with van der Waals surface area (Å²) in [5, 5.41) is 2.71. The van der Waals surface area contributed by atoms with Crippen molar-refractivity contribution in [3.8, 4) is 5.75 Å². The fraction of sp³-hybridized carbons (Fsp3) is 0.294. The molecule has 0 aliphatic carbocycles. The molecule has 0 aliphatic rings. The first-order valence-corrected chi connectivity index (χ1v) is 7.61. The van der Waals surface area contributed by atoms with E-state index >= 15 is 0 Å². The molecule has 3 rings (SSSR count). The predicted octanol–water partition coefficient (Wildman–Crippen LogP) is 2.67. The van der Waals surface area contributed by atoms with Crippen LogP contribution in [0.2, 0.25) is 0 Å². The number of nitrogens with zero attached hydrogens (tertiary/aromatic N) is 3. The molecule has 24 heavy (non-hydrogen) atoms. The highest BCUT2D eigenvalue weighted by molar-refractivity contribution is 5.97. The second-order valence-corrected chi connectivity index (χ2v) is 6.41. The third-order valence-electron chi connectivity index (χ3n) is 3.53. The number of aromatic amines is 1. The van der Waals surface area contributed by atoms with Gasteiger partial charge in [-0.05, 0) is 17.0 Å². The molecule has 2 aromatic heterocycles. The molecule has 7 heteroatoms. The lowest BCUT2D eigenvalue weighted by Crippen LogP contribution is -2.22. The van der Waals surface area contributed by atoms with Gasteiger partial charge >= 0.3 is 0 Å². The van der Waals surface area contributed by atoms with Crippen molar-refractivity contribution >= 4 is 22.9 Å². The van der Waals surface area contributed by atoms with Crippen LogP contribution in [0.3, 0.4) is 0 Å². The molecule has 0 radical (unpaired) electrons. The van der Waals surface area contributed by atoms with Crippen molar-refractivity contribution in [2.24, 2.45) is 0 Å². The van der Waals surface area contributed by atoms with Crippen LogP contribution in [0.5, 0.6) is 5.75 Å². The second kappa shape index (κ2) is 6.27. The Kier molecular flexibility index (Phi) is 4.16. The molecular weight excluding hydrogens is 306 g/mol. The summed E-state index contributed by atoms with van der Waals surface area (Å²) in [6.45, 7) is 6.20. The first-order valence-electron chi connectivity index (χ1n) is 7.61. The standard InChI is InChI=1S/C17H19N5O2/c1-17(2,3)11-6-4-5-7-12(11)24-8-13(23)22-16-14-15(19-9-18-14)20-10-21-16/h4-7,9-10H,8H2,1-3H3,(H2,18,19,20,21,22,23). The van der Waals surface area contributed by atoms with Crippen molar-refractivity contribution in [2.45, 2.75) is 26.2 Å². The fourth-order valence-corrected chi connectivity index (χ4v) is 2.38. The van der Waals surface area contributed by atoms with Crippen LogP contribution in [0.15, 0.2) is 36.9 Å². The molecule has 0 unspecified atom stereocenters. The number of rotatable bonds is 4. The zero-order valence-corrected chi connectivity index (χ0v) is 13.8. The molecule has 0 atom stereocenters. The summed E-state index contributed by atoms with van der Waals surface area (Å²) in [6, 6.07) is 7.72. The van der Waals surface area contributed by atoms with Crippen molar-refractivity contribution in [1.29, 1.82) is 0 Å². The number of ether oxygens (including phenoxy) is 1. The maximum Gasteiger partial charge on any atom is 0.263 e. The Balaban J connectivity index is 1.70. The van der Waals surface area contributed by atoms with E-state index in [1.165, 1.54) is 12.7 Å². The number of anilines is 1. The molecule has 0 fully saturated rings. The summed E-state index contributed by atoms with van der Waals surface area (Å²) in [4.78, 5) is 27.2. The average Bonchev–Trinajstić information content (AvgIpc) is 3.02. The van der Waals surface area contributed by atoms with Crippen LogP contribution in [0.1, 0.15) is 26.3 Å². The van der Waals surface area contributed by atoms with Gasteiger partial charge in [-0.3, -0.25) is 4.79 Å². The highest BCUT2D eigenvalue weighted by Gasteiger charge is 2.19. The smallest absolute Gasteiger partial charge is 0.263 e. The summed E-state index contributed by atoms with van der Waals surface area (Å²) < 4.78 is 5.71. The van der Waals surface area contributed by atoms with Gasteiger partial charge in [-0.1, -0.05) is 39.0 Å². The van der Waals surface area contributed by atoms with Crippen molar-refractivity contribution in [2.75, 3.05) is 11.9 Å². The first kappa shape index (κ1) is 15.9. The molecule has 7 nitrogen and oxygen atoms in total. The van der Waals surface area contributed by atoms with Crippen molar-refractivity contribution in [3.05, 3.63) is 42.5 Å². The van der Waals surface area contributed by atoms with E-state index in [9.17, 15) is 4.79 Å². The molecule has 0 saturated heterocycles. The topological polar surface area (TPSA) is 92.8 Å². The Hall–Kier alpha value is -2.96. The van der Waals surface area contributed by atoms with Crippen LogP contribution in [0, 0.1) is 0 Å². The number of hydrogen-bond donors (Lipinski definition) is 2. The van der Waals surface area contributed by atoms with E-state index in [-0.39, 0.29) is 17.9 Å². The Bertz CT molecular complexity index is 867. The van der Waals surface area contributed by atoms with Crippen LogP contribution in [-0.4, -0.2) is 32.4 Å². The monoisotopic (exact) mass is 325 g/mol. The van der Waals surface area contributed by atoms with Crippen LogP contribution < -0.4 is 10.1 Å². The van der Waals surface area contributed by atoms with Gasteiger partial charge in [0.1, 0.15) is 17.6 Å². The molecule has 1 amide bonds. The number of amides is 1. The van der Waals surface area contributed by atoms with Crippen LogP contribution in [-0.2, 0) is 10.2 Å². The molecule has 3 aromatic rings. The van der Waals surface area contributed by atoms with Gasteiger partial charge in [-0.15, -0.1) is 0 Å². The zero-order chi connectivity index (χ0) is 17.2. The summed E-state index contributed by atoms with van der Waals surface area (Å²) in [7, 11) is 0. The number of H-pyrrole nitrogens is 1.